The molecule has 5 aromatic carbocycles. The first-order valence-corrected chi connectivity index (χ1v) is 15.2. The quantitative estimate of drug-likeness (QED) is 0.145. The number of aromatic carboxylic acids is 1. The molecule has 0 bridgehead atoms. The van der Waals surface area contributed by atoms with Gasteiger partial charge in [0.25, 0.3) is 0 Å². The molecule has 5 aromatic rings. The Bertz CT molecular complexity index is 1920. The lowest BCUT2D eigenvalue weighted by Crippen LogP contribution is -2.29. The smallest absolute Gasteiger partial charge is 0.336 e. The molecule has 0 spiro atoms. The fourth-order valence-electron chi connectivity index (χ4n) is 6.68. The summed E-state index contributed by atoms with van der Waals surface area (Å²) in [5.74, 6) is -1.03. The summed E-state index contributed by atoms with van der Waals surface area (Å²) >= 11 is 0. The van der Waals surface area contributed by atoms with Gasteiger partial charge in [0.2, 0.25) is 0 Å². The van der Waals surface area contributed by atoms with Crippen molar-refractivity contribution in [2.45, 2.75) is 44.3 Å². The van der Waals surface area contributed by atoms with Crippen LogP contribution in [0.2, 0.25) is 0 Å². The molecule has 2 aliphatic heterocycles. The molecule has 0 aromatic heterocycles. The van der Waals surface area contributed by atoms with Gasteiger partial charge in [-0.1, -0.05) is 73.7 Å². The molecule has 1 fully saturated rings. The van der Waals surface area contributed by atoms with Crippen molar-refractivity contribution in [1.82, 2.24) is 5.32 Å². The highest BCUT2D eigenvalue weighted by atomic mass is 19.1. The van der Waals surface area contributed by atoms with Gasteiger partial charge in [0.05, 0.1) is 11.6 Å². The SMILES string of the molecule is C[C@@H](c1ccc2ccccc2c1)[C@@H]1NC1C(=O)c1ccc2c(c1)CCCN2Cc1cc(-c2ccccc2C(=O)O)ccc1F. The highest BCUT2D eigenvalue weighted by Crippen LogP contribution is 2.35. The third-order valence-electron chi connectivity index (χ3n) is 9.20. The zero-order valence-corrected chi connectivity index (χ0v) is 24.5. The Morgan fingerprint density at radius 1 is 0.932 bits per heavy atom. The molecular formula is C38H33FN2O3. The molecule has 2 aliphatic rings. The summed E-state index contributed by atoms with van der Waals surface area (Å²) in [6, 6.07) is 32.2. The number of Topliss-reactive ketones (excluding diaryl/α,β-unsaturated/α-hetero) is 1. The maximum atomic E-state index is 15.0. The first-order valence-electron chi connectivity index (χ1n) is 15.2. The molecule has 5 nitrogen and oxygen atoms in total. The average molecular weight is 585 g/mol. The zero-order chi connectivity index (χ0) is 30.4. The molecule has 2 heterocycles. The Labute approximate surface area is 256 Å². The number of anilines is 1. The third kappa shape index (κ3) is 5.26. The van der Waals surface area contributed by atoms with E-state index in [9.17, 15) is 14.7 Å². The molecule has 0 amide bonds. The van der Waals surface area contributed by atoms with Crippen molar-refractivity contribution in [2.75, 3.05) is 11.4 Å². The summed E-state index contributed by atoms with van der Waals surface area (Å²) < 4.78 is 15.0. The lowest BCUT2D eigenvalue weighted by Gasteiger charge is -2.32. The number of nitrogens with one attached hydrogen (secondary N) is 1. The van der Waals surface area contributed by atoms with E-state index in [1.54, 1.807) is 36.4 Å². The lowest BCUT2D eigenvalue weighted by atomic mass is 9.91. The molecule has 7 rings (SSSR count). The Morgan fingerprint density at radius 3 is 2.57 bits per heavy atom. The van der Waals surface area contributed by atoms with Crippen LogP contribution in [-0.2, 0) is 13.0 Å². The molecule has 44 heavy (non-hydrogen) atoms. The van der Waals surface area contributed by atoms with E-state index in [0.29, 0.717) is 28.8 Å². The molecule has 1 unspecified atom stereocenters. The van der Waals surface area contributed by atoms with E-state index in [0.717, 1.165) is 30.6 Å². The number of fused-ring (bicyclic) bond motifs is 2. The Morgan fingerprint density at radius 2 is 1.73 bits per heavy atom. The number of halogens is 1. The van der Waals surface area contributed by atoms with Crippen molar-refractivity contribution in [2.24, 2.45) is 0 Å². The van der Waals surface area contributed by atoms with E-state index in [2.05, 4.69) is 47.5 Å². The number of nitrogens with zero attached hydrogens (tertiary/aromatic N) is 1. The van der Waals surface area contributed by atoms with Crippen molar-refractivity contribution in [3.63, 3.8) is 0 Å². The van der Waals surface area contributed by atoms with Gasteiger partial charge in [-0.05, 0) is 88.2 Å². The number of rotatable bonds is 8. The highest BCUT2D eigenvalue weighted by Gasteiger charge is 2.46. The molecular weight excluding hydrogens is 551 g/mol. The van der Waals surface area contributed by atoms with Crippen molar-refractivity contribution in [3.05, 3.63) is 137 Å². The van der Waals surface area contributed by atoms with Crippen LogP contribution in [0.4, 0.5) is 10.1 Å². The fraction of sp³-hybridized carbons (Fsp3) is 0.211. The van der Waals surface area contributed by atoms with E-state index < -0.39 is 5.97 Å². The Balaban J connectivity index is 1.08. The largest absolute Gasteiger partial charge is 0.478 e. The van der Waals surface area contributed by atoms with Crippen LogP contribution < -0.4 is 10.2 Å². The average Bonchev–Trinajstić information content (AvgIpc) is 3.86. The minimum absolute atomic E-state index is 0.0951. The fourth-order valence-corrected chi connectivity index (χ4v) is 6.68. The van der Waals surface area contributed by atoms with Crippen LogP contribution >= 0.6 is 0 Å². The third-order valence-corrected chi connectivity index (χ3v) is 9.20. The van der Waals surface area contributed by atoms with Gasteiger partial charge in [0, 0.05) is 35.9 Å². The second kappa shape index (κ2) is 11.4. The van der Waals surface area contributed by atoms with Gasteiger partial charge in [-0.2, -0.15) is 0 Å². The van der Waals surface area contributed by atoms with Gasteiger partial charge in [-0.15, -0.1) is 0 Å². The maximum Gasteiger partial charge on any atom is 0.336 e. The van der Waals surface area contributed by atoms with E-state index in [1.807, 2.05) is 30.3 Å². The van der Waals surface area contributed by atoms with Crippen molar-refractivity contribution in [1.29, 1.82) is 0 Å². The number of benzene rings is 5. The van der Waals surface area contributed by atoms with Crippen LogP contribution in [-0.4, -0.2) is 35.5 Å². The first kappa shape index (κ1) is 28.0. The highest BCUT2D eigenvalue weighted by molar-refractivity contribution is 6.03. The van der Waals surface area contributed by atoms with Crippen molar-refractivity contribution >= 4 is 28.2 Å². The minimum Gasteiger partial charge on any atom is -0.478 e. The van der Waals surface area contributed by atoms with Crippen LogP contribution in [0.5, 0.6) is 0 Å². The summed E-state index contributed by atoms with van der Waals surface area (Å²) in [5.41, 5.74) is 5.94. The van der Waals surface area contributed by atoms with Gasteiger partial charge >= 0.3 is 5.97 Å². The molecule has 6 heteroatoms. The van der Waals surface area contributed by atoms with Gasteiger partial charge in [-0.25, -0.2) is 9.18 Å². The number of ketones is 1. The van der Waals surface area contributed by atoms with Crippen molar-refractivity contribution < 1.29 is 19.1 Å². The minimum atomic E-state index is -1.02. The summed E-state index contributed by atoms with van der Waals surface area (Å²) in [7, 11) is 0. The molecule has 1 saturated heterocycles. The number of hydrogen-bond donors (Lipinski definition) is 2. The number of carbonyl (C=O) groups is 2. The second-order valence-electron chi connectivity index (χ2n) is 12.0. The van der Waals surface area contributed by atoms with Crippen molar-refractivity contribution in [3.8, 4) is 11.1 Å². The summed E-state index contributed by atoms with van der Waals surface area (Å²) in [6.07, 6.45) is 1.76. The molecule has 0 saturated carbocycles. The summed E-state index contributed by atoms with van der Waals surface area (Å²) in [5, 5.41) is 15.5. The number of carboxylic acid groups (broad SMARTS) is 1. The topological polar surface area (TPSA) is 79.6 Å². The predicted molar refractivity (Wildman–Crippen MR) is 172 cm³/mol. The van der Waals surface area contributed by atoms with Crippen LogP contribution in [0.15, 0.2) is 103 Å². The van der Waals surface area contributed by atoms with Crippen LogP contribution in [0.3, 0.4) is 0 Å². The predicted octanol–water partition coefficient (Wildman–Crippen LogP) is 7.62. The molecule has 0 aliphatic carbocycles. The van der Waals surface area contributed by atoms with Gasteiger partial charge in [0.15, 0.2) is 5.78 Å². The second-order valence-corrected chi connectivity index (χ2v) is 12.0. The Kier molecular flexibility index (Phi) is 7.23. The van der Waals surface area contributed by atoms with Gasteiger partial charge in [0.1, 0.15) is 5.82 Å². The summed E-state index contributed by atoms with van der Waals surface area (Å²) in [6.45, 7) is 3.30. The lowest BCUT2D eigenvalue weighted by molar-refractivity contribution is 0.0697. The zero-order valence-electron chi connectivity index (χ0n) is 24.5. The van der Waals surface area contributed by atoms with E-state index >= 15 is 4.39 Å². The number of carbonyl (C=O) groups excluding carboxylic acids is 1. The Hall–Kier alpha value is -4.81. The maximum absolute atomic E-state index is 15.0. The number of hydrogen-bond acceptors (Lipinski definition) is 4. The number of carboxylic acids is 1. The van der Waals surface area contributed by atoms with Gasteiger partial charge in [-0.3, -0.25) is 4.79 Å². The van der Waals surface area contributed by atoms with Crippen LogP contribution in [0, 0.1) is 5.82 Å². The molecule has 0 radical (unpaired) electrons. The van der Waals surface area contributed by atoms with E-state index in [4.69, 9.17) is 0 Å². The van der Waals surface area contributed by atoms with Crippen LogP contribution in [0.1, 0.15) is 56.7 Å². The number of aryl methyl sites for hydroxylation is 1. The first-order chi connectivity index (χ1) is 21.4. The standard InChI is InChI=1S/C38H33FN2O3/c1-23(25-13-12-24-7-2-3-8-26(24)19-25)35-36(40-35)37(42)29-15-17-34-28(21-29)9-6-18-41(34)22-30-20-27(14-16-33(30)39)31-10-4-5-11-32(31)38(43)44/h2-5,7-8,10-17,19-21,23,35-36,40H,6,9,18,22H2,1H3,(H,43,44)/t23-,35-,36?/m0/s1. The van der Waals surface area contributed by atoms with Crippen LogP contribution in [0.25, 0.3) is 21.9 Å². The molecule has 220 valence electrons. The summed E-state index contributed by atoms with van der Waals surface area (Å²) in [4.78, 5) is 27.5. The van der Waals surface area contributed by atoms with E-state index in [1.165, 1.54) is 22.4 Å². The van der Waals surface area contributed by atoms with Gasteiger partial charge < -0.3 is 15.3 Å². The normalized spacial score (nSPS) is 18.1. The monoisotopic (exact) mass is 584 g/mol. The van der Waals surface area contributed by atoms with E-state index in [-0.39, 0.29) is 35.2 Å². The molecule has 3 atom stereocenters. The molecule has 2 N–H and O–H groups in total.